The Kier molecular flexibility index (Phi) is 6.35. The number of hydrogen-bond donors (Lipinski definition) is 2. The highest BCUT2D eigenvalue weighted by Crippen LogP contribution is 2.24. The second-order valence-corrected chi connectivity index (χ2v) is 6.12. The summed E-state index contributed by atoms with van der Waals surface area (Å²) in [6.07, 6.45) is 2.57. The van der Waals surface area contributed by atoms with Gasteiger partial charge in [0.1, 0.15) is 6.04 Å². The molecule has 6 nitrogen and oxygen atoms in total. The number of benzene rings is 1. The lowest BCUT2D eigenvalue weighted by atomic mass is 10.1. The molecule has 1 fully saturated rings. The molecule has 2 rings (SSSR count). The number of carboxylic acids is 1. The topological polar surface area (TPSA) is 79.0 Å². The Morgan fingerprint density at radius 1 is 1.41 bits per heavy atom. The number of morpholine rings is 1. The fourth-order valence-corrected chi connectivity index (χ4v) is 2.98. The lowest BCUT2D eigenvalue weighted by Gasteiger charge is -2.42. The number of nitrogens with zero attached hydrogens (tertiary/aromatic N) is 2. The van der Waals surface area contributed by atoms with Crippen LogP contribution in [0.4, 0.5) is 11.4 Å². The molecule has 0 bridgehead atoms. The smallest absolute Gasteiger partial charge is 0.327 e. The highest BCUT2D eigenvalue weighted by molar-refractivity contribution is 7.98. The van der Waals surface area contributed by atoms with Crippen molar-refractivity contribution in [2.75, 3.05) is 49.1 Å². The van der Waals surface area contributed by atoms with Crippen LogP contribution in [0.25, 0.3) is 0 Å². The van der Waals surface area contributed by atoms with Crippen LogP contribution in [-0.4, -0.2) is 60.4 Å². The largest absolute Gasteiger partial charge is 0.480 e. The molecule has 0 aliphatic carbocycles. The molecule has 1 heterocycles. The van der Waals surface area contributed by atoms with Crippen LogP contribution in [0.2, 0.25) is 0 Å². The number of anilines is 2. The normalized spacial score (nSPS) is 17.1. The van der Waals surface area contributed by atoms with Crippen molar-refractivity contribution >= 4 is 29.1 Å². The van der Waals surface area contributed by atoms with Crippen molar-refractivity contribution in [1.29, 1.82) is 0 Å². The summed E-state index contributed by atoms with van der Waals surface area (Å²) in [6, 6.07) is 6.76. The Hall–Kier alpha value is -1.44. The SMILES string of the molecule is CSCCC(C(=O)O)N(c1ccc(N)cc1)N1CCOCC1. The molecule has 0 saturated carbocycles. The predicted molar refractivity (Wildman–Crippen MR) is 90.1 cm³/mol. The second kappa shape index (κ2) is 8.26. The van der Waals surface area contributed by atoms with E-state index >= 15 is 0 Å². The fraction of sp³-hybridized carbons (Fsp3) is 0.533. The van der Waals surface area contributed by atoms with Gasteiger partial charge in [0, 0.05) is 18.8 Å². The van der Waals surface area contributed by atoms with E-state index in [2.05, 4.69) is 5.01 Å². The Bertz CT molecular complexity index is 477. The van der Waals surface area contributed by atoms with E-state index in [1.54, 1.807) is 23.9 Å². The number of thioether (sulfide) groups is 1. The summed E-state index contributed by atoms with van der Waals surface area (Å²) in [7, 11) is 0. The van der Waals surface area contributed by atoms with Crippen LogP contribution in [0.15, 0.2) is 24.3 Å². The lowest BCUT2D eigenvalue weighted by molar-refractivity contribution is -0.140. The first-order valence-corrected chi connectivity index (χ1v) is 8.72. The van der Waals surface area contributed by atoms with E-state index in [4.69, 9.17) is 10.5 Å². The van der Waals surface area contributed by atoms with Gasteiger partial charge in [-0.1, -0.05) is 0 Å². The Morgan fingerprint density at radius 2 is 2.05 bits per heavy atom. The third kappa shape index (κ3) is 4.28. The zero-order valence-electron chi connectivity index (χ0n) is 12.8. The van der Waals surface area contributed by atoms with Gasteiger partial charge in [0.2, 0.25) is 0 Å². The summed E-state index contributed by atoms with van der Waals surface area (Å²) in [4.78, 5) is 11.8. The zero-order chi connectivity index (χ0) is 15.9. The average Bonchev–Trinajstić information content (AvgIpc) is 2.53. The molecular weight excluding hydrogens is 302 g/mol. The van der Waals surface area contributed by atoms with Gasteiger partial charge in [-0.25, -0.2) is 9.80 Å². The van der Waals surface area contributed by atoms with E-state index < -0.39 is 12.0 Å². The molecule has 1 aromatic rings. The molecule has 7 heteroatoms. The van der Waals surface area contributed by atoms with Crippen molar-refractivity contribution in [2.45, 2.75) is 12.5 Å². The Balaban J connectivity index is 2.29. The minimum Gasteiger partial charge on any atom is -0.480 e. The maximum Gasteiger partial charge on any atom is 0.327 e. The standard InChI is InChI=1S/C15H23N3O3S/c1-22-11-6-14(15(19)20)18(17-7-9-21-10-8-17)13-4-2-12(16)3-5-13/h2-5,14H,6-11,16H2,1H3,(H,19,20). The molecule has 1 unspecified atom stereocenters. The minimum absolute atomic E-state index is 0.582. The number of hydrogen-bond acceptors (Lipinski definition) is 6. The van der Waals surface area contributed by atoms with Gasteiger partial charge in [-0.3, -0.25) is 5.01 Å². The van der Waals surface area contributed by atoms with Crippen LogP contribution in [0, 0.1) is 0 Å². The fourth-order valence-electron chi connectivity index (χ4n) is 2.52. The molecule has 0 aromatic heterocycles. The number of rotatable bonds is 7. The highest BCUT2D eigenvalue weighted by atomic mass is 32.2. The van der Waals surface area contributed by atoms with Crippen molar-refractivity contribution < 1.29 is 14.6 Å². The molecule has 1 atom stereocenters. The van der Waals surface area contributed by atoms with Crippen molar-refractivity contribution in [1.82, 2.24) is 5.01 Å². The maximum absolute atomic E-state index is 11.8. The zero-order valence-corrected chi connectivity index (χ0v) is 13.6. The number of aliphatic carboxylic acids is 1. The third-order valence-corrected chi connectivity index (χ3v) is 4.27. The second-order valence-electron chi connectivity index (χ2n) is 5.14. The van der Waals surface area contributed by atoms with Gasteiger partial charge in [0.25, 0.3) is 0 Å². The molecule has 1 saturated heterocycles. The number of ether oxygens (including phenoxy) is 1. The first kappa shape index (κ1) is 16.9. The maximum atomic E-state index is 11.8. The molecule has 0 spiro atoms. The number of nitrogen functional groups attached to an aromatic ring is 1. The quantitative estimate of drug-likeness (QED) is 0.736. The molecule has 1 aromatic carbocycles. The molecule has 3 N–H and O–H groups in total. The van der Waals surface area contributed by atoms with Crippen molar-refractivity contribution in [2.24, 2.45) is 0 Å². The lowest BCUT2D eigenvalue weighted by Crippen LogP contribution is -2.56. The molecule has 0 radical (unpaired) electrons. The number of hydrazine groups is 1. The van der Waals surface area contributed by atoms with Gasteiger partial charge < -0.3 is 15.6 Å². The number of nitrogens with two attached hydrogens (primary N) is 1. The molecule has 22 heavy (non-hydrogen) atoms. The summed E-state index contributed by atoms with van der Waals surface area (Å²) in [5, 5.41) is 13.6. The highest BCUT2D eigenvalue weighted by Gasteiger charge is 2.31. The molecule has 122 valence electrons. The van der Waals surface area contributed by atoms with Crippen LogP contribution in [0.1, 0.15) is 6.42 Å². The van der Waals surface area contributed by atoms with E-state index in [0.29, 0.717) is 38.4 Å². The van der Waals surface area contributed by atoms with Crippen LogP contribution >= 0.6 is 11.8 Å². The van der Waals surface area contributed by atoms with Crippen molar-refractivity contribution in [3.8, 4) is 0 Å². The summed E-state index contributed by atoms with van der Waals surface area (Å²) >= 11 is 1.66. The third-order valence-electron chi connectivity index (χ3n) is 3.63. The molecule has 0 amide bonds. The summed E-state index contributed by atoms with van der Waals surface area (Å²) < 4.78 is 5.39. The van der Waals surface area contributed by atoms with E-state index in [0.717, 1.165) is 11.4 Å². The molecule has 1 aliphatic heterocycles. The van der Waals surface area contributed by atoms with E-state index in [-0.39, 0.29) is 0 Å². The van der Waals surface area contributed by atoms with Crippen LogP contribution in [0.3, 0.4) is 0 Å². The van der Waals surface area contributed by atoms with Gasteiger partial charge in [-0.05, 0) is 42.7 Å². The Morgan fingerprint density at radius 3 is 2.59 bits per heavy atom. The first-order valence-electron chi connectivity index (χ1n) is 7.32. The van der Waals surface area contributed by atoms with Crippen LogP contribution in [0.5, 0.6) is 0 Å². The molecular formula is C15H23N3O3S. The van der Waals surface area contributed by atoms with Gasteiger partial charge in [0.15, 0.2) is 0 Å². The van der Waals surface area contributed by atoms with Gasteiger partial charge in [-0.2, -0.15) is 11.8 Å². The van der Waals surface area contributed by atoms with Crippen LogP contribution < -0.4 is 10.7 Å². The van der Waals surface area contributed by atoms with Gasteiger partial charge in [-0.15, -0.1) is 0 Å². The first-order chi connectivity index (χ1) is 10.6. The number of carboxylic acid groups (broad SMARTS) is 1. The van der Waals surface area contributed by atoms with Gasteiger partial charge >= 0.3 is 5.97 Å². The van der Waals surface area contributed by atoms with E-state index in [9.17, 15) is 9.90 Å². The van der Waals surface area contributed by atoms with Crippen molar-refractivity contribution in [3.05, 3.63) is 24.3 Å². The Labute approximate surface area is 135 Å². The van der Waals surface area contributed by atoms with Crippen molar-refractivity contribution in [3.63, 3.8) is 0 Å². The van der Waals surface area contributed by atoms with Crippen LogP contribution in [-0.2, 0) is 9.53 Å². The minimum atomic E-state index is -0.808. The average molecular weight is 325 g/mol. The summed E-state index contributed by atoms with van der Waals surface area (Å²) in [5.41, 5.74) is 7.27. The van der Waals surface area contributed by atoms with E-state index in [1.807, 2.05) is 23.4 Å². The predicted octanol–water partition coefficient (Wildman–Crippen LogP) is 1.53. The van der Waals surface area contributed by atoms with Gasteiger partial charge in [0.05, 0.1) is 18.9 Å². The number of carbonyl (C=O) groups is 1. The molecule has 1 aliphatic rings. The summed E-state index contributed by atoms with van der Waals surface area (Å²) in [5.74, 6) is -0.00960. The summed E-state index contributed by atoms with van der Waals surface area (Å²) in [6.45, 7) is 2.60. The monoisotopic (exact) mass is 325 g/mol. The van der Waals surface area contributed by atoms with E-state index in [1.165, 1.54) is 0 Å².